The van der Waals surface area contributed by atoms with Crippen molar-refractivity contribution in [1.82, 2.24) is 35.0 Å². The van der Waals surface area contributed by atoms with Crippen LogP contribution in [0.3, 0.4) is 0 Å². The third-order valence-corrected chi connectivity index (χ3v) is 3.42. The van der Waals surface area contributed by atoms with Crippen LogP contribution in [0.2, 0.25) is 0 Å². The van der Waals surface area contributed by atoms with Crippen molar-refractivity contribution in [3.05, 3.63) is 54.1 Å². The number of nitrogens with one attached hydrogen (secondary N) is 1. The van der Waals surface area contributed by atoms with Gasteiger partial charge in [0.25, 0.3) is 0 Å². The number of hydrogen-bond donors (Lipinski definition) is 1. The molecule has 0 aliphatic rings. The van der Waals surface area contributed by atoms with Gasteiger partial charge in [-0.15, -0.1) is 14.8 Å². The molecule has 23 heavy (non-hydrogen) atoms. The van der Waals surface area contributed by atoms with Crippen molar-refractivity contribution < 1.29 is 4.39 Å². The van der Waals surface area contributed by atoms with Gasteiger partial charge in [0.05, 0.1) is 17.6 Å². The fraction of sp³-hybridized carbons (Fsp3) is 0.0714. The standard InChI is InChI=1S/C14H11FN8/c1-9-11(8-16-22(9)12-5-3-2-4-10(12)15)17-13-6-7-14-18-20-21-23(14)19-13/h2-8H,1H3,(H,17,19). The third kappa shape index (κ3) is 2.27. The van der Waals surface area contributed by atoms with Crippen LogP contribution in [0.15, 0.2) is 42.6 Å². The summed E-state index contributed by atoms with van der Waals surface area (Å²) in [4.78, 5) is 0. The summed E-state index contributed by atoms with van der Waals surface area (Å²) in [6.45, 7) is 1.84. The van der Waals surface area contributed by atoms with E-state index in [9.17, 15) is 4.39 Å². The van der Waals surface area contributed by atoms with Crippen LogP contribution in [-0.2, 0) is 0 Å². The quantitative estimate of drug-likeness (QED) is 0.622. The van der Waals surface area contributed by atoms with E-state index in [-0.39, 0.29) is 5.82 Å². The molecule has 0 amide bonds. The molecule has 1 N–H and O–H groups in total. The van der Waals surface area contributed by atoms with Gasteiger partial charge in [-0.2, -0.15) is 5.10 Å². The Hall–Kier alpha value is -3.36. The molecule has 0 aliphatic heterocycles. The number of hydrogen-bond acceptors (Lipinski definition) is 6. The second kappa shape index (κ2) is 5.13. The molecule has 3 heterocycles. The fourth-order valence-electron chi connectivity index (χ4n) is 2.25. The predicted octanol–water partition coefficient (Wildman–Crippen LogP) is 1.90. The molecular weight excluding hydrogens is 299 g/mol. The normalized spacial score (nSPS) is 11.0. The van der Waals surface area contributed by atoms with Crippen LogP contribution in [0, 0.1) is 12.7 Å². The van der Waals surface area contributed by atoms with Gasteiger partial charge >= 0.3 is 0 Å². The Kier molecular flexibility index (Phi) is 2.97. The van der Waals surface area contributed by atoms with Gasteiger partial charge in [-0.1, -0.05) is 12.1 Å². The summed E-state index contributed by atoms with van der Waals surface area (Å²) in [6, 6.07) is 9.97. The number of para-hydroxylation sites is 1. The molecule has 0 unspecified atom stereocenters. The van der Waals surface area contributed by atoms with Crippen LogP contribution in [0.25, 0.3) is 11.3 Å². The highest BCUT2D eigenvalue weighted by atomic mass is 19.1. The molecule has 0 radical (unpaired) electrons. The van der Waals surface area contributed by atoms with E-state index in [1.807, 2.05) is 6.92 Å². The van der Waals surface area contributed by atoms with E-state index in [2.05, 4.69) is 31.0 Å². The molecule has 0 saturated heterocycles. The van der Waals surface area contributed by atoms with Crippen molar-refractivity contribution >= 4 is 17.2 Å². The lowest BCUT2D eigenvalue weighted by atomic mass is 10.3. The molecule has 0 fully saturated rings. The smallest absolute Gasteiger partial charge is 0.200 e. The van der Waals surface area contributed by atoms with Crippen LogP contribution < -0.4 is 5.32 Å². The van der Waals surface area contributed by atoms with Crippen LogP contribution in [0.5, 0.6) is 0 Å². The van der Waals surface area contributed by atoms with Crippen LogP contribution >= 0.6 is 0 Å². The van der Waals surface area contributed by atoms with Gasteiger partial charge < -0.3 is 5.32 Å². The first-order valence-electron chi connectivity index (χ1n) is 6.84. The van der Waals surface area contributed by atoms with Crippen LogP contribution in [0.4, 0.5) is 15.9 Å². The molecule has 114 valence electrons. The zero-order valence-electron chi connectivity index (χ0n) is 12.0. The van der Waals surface area contributed by atoms with Gasteiger partial charge in [0, 0.05) is 0 Å². The number of aromatic nitrogens is 7. The highest BCUT2D eigenvalue weighted by Gasteiger charge is 2.12. The molecule has 4 rings (SSSR count). The SMILES string of the molecule is Cc1c(Nc2ccc3nnnn3n2)cnn1-c1ccccc1F. The molecule has 0 spiro atoms. The topological polar surface area (TPSA) is 85.8 Å². The zero-order chi connectivity index (χ0) is 15.8. The van der Waals surface area contributed by atoms with E-state index in [0.29, 0.717) is 22.8 Å². The zero-order valence-corrected chi connectivity index (χ0v) is 12.0. The highest BCUT2D eigenvalue weighted by Crippen LogP contribution is 2.22. The second-order valence-electron chi connectivity index (χ2n) is 4.88. The first-order chi connectivity index (χ1) is 11.2. The fourth-order valence-corrected chi connectivity index (χ4v) is 2.25. The number of tetrazole rings is 1. The van der Waals surface area contributed by atoms with Crippen molar-refractivity contribution in [2.45, 2.75) is 6.92 Å². The average Bonchev–Trinajstić information content (AvgIpc) is 3.15. The Bertz CT molecular complexity index is 989. The molecule has 8 nitrogen and oxygen atoms in total. The van der Waals surface area contributed by atoms with E-state index in [1.54, 1.807) is 36.5 Å². The molecule has 0 atom stereocenters. The number of benzene rings is 1. The minimum absolute atomic E-state index is 0.335. The van der Waals surface area contributed by atoms with Gasteiger partial charge in [-0.25, -0.2) is 9.07 Å². The van der Waals surface area contributed by atoms with Crippen molar-refractivity contribution in [3.63, 3.8) is 0 Å². The lowest BCUT2D eigenvalue weighted by molar-refractivity contribution is 0.608. The molecule has 0 bridgehead atoms. The summed E-state index contributed by atoms with van der Waals surface area (Å²) in [5, 5.41) is 22.7. The summed E-state index contributed by atoms with van der Waals surface area (Å²) >= 11 is 0. The maximum Gasteiger partial charge on any atom is 0.200 e. The Balaban J connectivity index is 1.69. The number of anilines is 2. The minimum atomic E-state index is -0.335. The largest absolute Gasteiger partial charge is 0.336 e. The molecule has 9 heteroatoms. The lowest BCUT2D eigenvalue weighted by Gasteiger charge is -2.07. The minimum Gasteiger partial charge on any atom is -0.336 e. The Labute approximate surface area is 129 Å². The van der Waals surface area contributed by atoms with E-state index < -0.39 is 0 Å². The monoisotopic (exact) mass is 310 g/mol. The van der Waals surface area contributed by atoms with Gasteiger partial charge in [0.2, 0.25) is 0 Å². The third-order valence-electron chi connectivity index (χ3n) is 3.42. The van der Waals surface area contributed by atoms with Crippen molar-refractivity contribution in [1.29, 1.82) is 0 Å². The van der Waals surface area contributed by atoms with E-state index in [0.717, 1.165) is 5.69 Å². The van der Waals surface area contributed by atoms with E-state index in [4.69, 9.17) is 0 Å². The molecule has 0 saturated carbocycles. The van der Waals surface area contributed by atoms with Gasteiger partial charge in [0.15, 0.2) is 11.5 Å². The van der Waals surface area contributed by atoms with Gasteiger partial charge in [-0.05, 0) is 41.6 Å². The molecule has 3 aromatic heterocycles. The summed E-state index contributed by atoms with van der Waals surface area (Å²) in [6.07, 6.45) is 1.62. The Morgan fingerprint density at radius 3 is 2.87 bits per heavy atom. The maximum absolute atomic E-state index is 13.9. The molecule has 0 aliphatic carbocycles. The first kappa shape index (κ1) is 13.3. The Morgan fingerprint density at radius 2 is 2.00 bits per heavy atom. The van der Waals surface area contributed by atoms with E-state index in [1.165, 1.54) is 15.4 Å². The summed E-state index contributed by atoms with van der Waals surface area (Å²) in [5.74, 6) is 0.222. The van der Waals surface area contributed by atoms with Gasteiger partial charge in [-0.3, -0.25) is 0 Å². The van der Waals surface area contributed by atoms with Crippen molar-refractivity contribution in [2.24, 2.45) is 0 Å². The second-order valence-corrected chi connectivity index (χ2v) is 4.88. The van der Waals surface area contributed by atoms with Crippen molar-refractivity contribution in [2.75, 3.05) is 5.32 Å². The predicted molar refractivity (Wildman–Crippen MR) is 80.1 cm³/mol. The number of rotatable bonds is 3. The number of halogens is 1. The van der Waals surface area contributed by atoms with Crippen molar-refractivity contribution in [3.8, 4) is 5.69 Å². The maximum atomic E-state index is 13.9. The summed E-state index contributed by atoms with van der Waals surface area (Å²) < 4.78 is 16.8. The Morgan fingerprint density at radius 1 is 1.13 bits per heavy atom. The van der Waals surface area contributed by atoms with Crippen LogP contribution in [0.1, 0.15) is 5.69 Å². The molecular formula is C14H11FN8. The lowest BCUT2D eigenvalue weighted by Crippen LogP contribution is -2.03. The summed E-state index contributed by atoms with van der Waals surface area (Å²) in [5.41, 5.74) is 2.41. The highest BCUT2D eigenvalue weighted by molar-refractivity contribution is 5.59. The van der Waals surface area contributed by atoms with E-state index >= 15 is 0 Å². The van der Waals surface area contributed by atoms with Crippen LogP contribution in [-0.4, -0.2) is 35.0 Å². The molecule has 4 aromatic rings. The average molecular weight is 310 g/mol. The first-order valence-corrected chi connectivity index (χ1v) is 6.84. The number of fused-ring (bicyclic) bond motifs is 1. The van der Waals surface area contributed by atoms with Gasteiger partial charge in [0.1, 0.15) is 11.5 Å². The molecule has 1 aromatic carbocycles. The summed E-state index contributed by atoms with van der Waals surface area (Å²) in [7, 11) is 0. The number of nitrogens with zero attached hydrogens (tertiary/aromatic N) is 7.